The largest absolute Gasteiger partial charge is 0.399 e. The van der Waals surface area contributed by atoms with E-state index in [0.29, 0.717) is 5.92 Å². The predicted molar refractivity (Wildman–Crippen MR) is 82.3 cm³/mol. The lowest BCUT2D eigenvalue weighted by atomic mass is 10.1. The molecule has 0 unspecified atom stereocenters. The van der Waals surface area contributed by atoms with E-state index in [2.05, 4.69) is 38.3 Å². The molecule has 3 heteroatoms. The van der Waals surface area contributed by atoms with Crippen molar-refractivity contribution in [1.82, 2.24) is 9.55 Å². The lowest BCUT2D eigenvalue weighted by molar-refractivity contribution is 0.504. The molecule has 0 fully saturated rings. The second-order valence-electron chi connectivity index (χ2n) is 6.06. The summed E-state index contributed by atoms with van der Waals surface area (Å²) in [5.41, 5.74) is 8.87. The maximum atomic E-state index is 5.85. The van der Waals surface area contributed by atoms with Crippen LogP contribution in [0.3, 0.4) is 0 Å². The van der Waals surface area contributed by atoms with Gasteiger partial charge in [-0.1, -0.05) is 27.7 Å². The number of anilines is 1. The van der Waals surface area contributed by atoms with Crippen LogP contribution in [-0.4, -0.2) is 9.55 Å². The van der Waals surface area contributed by atoms with Crippen molar-refractivity contribution in [1.29, 1.82) is 0 Å². The maximum Gasteiger partial charge on any atom is 0.112 e. The first-order valence-corrected chi connectivity index (χ1v) is 7.24. The molecule has 0 atom stereocenters. The zero-order valence-electron chi connectivity index (χ0n) is 12.5. The normalized spacial score (nSPS) is 11.9. The van der Waals surface area contributed by atoms with Crippen molar-refractivity contribution in [2.45, 2.75) is 53.0 Å². The standard InChI is InChI=1S/C16H25N3/c1-11(2)6-5-9-19-15-8-7-13(17)10-14(15)18-16(19)12(3)4/h7-8,10-12H,5-6,9,17H2,1-4H3. The summed E-state index contributed by atoms with van der Waals surface area (Å²) < 4.78 is 2.36. The molecule has 0 amide bonds. The van der Waals surface area contributed by atoms with Crippen molar-refractivity contribution in [2.75, 3.05) is 5.73 Å². The second kappa shape index (κ2) is 5.64. The van der Waals surface area contributed by atoms with Crippen molar-refractivity contribution >= 4 is 16.7 Å². The number of rotatable bonds is 5. The van der Waals surface area contributed by atoms with E-state index in [0.717, 1.165) is 23.7 Å². The van der Waals surface area contributed by atoms with E-state index in [4.69, 9.17) is 10.7 Å². The molecule has 2 N–H and O–H groups in total. The average Bonchev–Trinajstić information content (AvgIpc) is 2.67. The monoisotopic (exact) mass is 259 g/mol. The zero-order valence-corrected chi connectivity index (χ0v) is 12.5. The van der Waals surface area contributed by atoms with Crippen LogP contribution < -0.4 is 5.73 Å². The van der Waals surface area contributed by atoms with E-state index in [1.807, 2.05) is 12.1 Å². The molecule has 0 aliphatic heterocycles. The van der Waals surface area contributed by atoms with E-state index in [-0.39, 0.29) is 0 Å². The number of benzene rings is 1. The average molecular weight is 259 g/mol. The Labute approximate surface area is 115 Å². The van der Waals surface area contributed by atoms with Crippen molar-refractivity contribution in [3.63, 3.8) is 0 Å². The van der Waals surface area contributed by atoms with Gasteiger partial charge in [0.05, 0.1) is 11.0 Å². The van der Waals surface area contributed by atoms with Gasteiger partial charge in [-0.25, -0.2) is 4.98 Å². The number of nitrogen functional groups attached to an aromatic ring is 1. The topological polar surface area (TPSA) is 43.8 Å². The van der Waals surface area contributed by atoms with Crippen LogP contribution in [0.5, 0.6) is 0 Å². The molecule has 104 valence electrons. The smallest absolute Gasteiger partial charge is 0.112 e. The molecule has 0 radical (unpaired) electrons. The molecule has 19 heavy (non-hydrogen) atoms. The number of nitrogens with zero attached hydrogens (tertiary/aromatic N) is 2. The second-order valence-corrected chi connectivity index (χ2v) is 6.06. The lowest BCUT2D eigenvalue weighted by Crippen LogP contribution is -2.06. The number of hydrogen-bond acceptors (Lipinski definition) is 2. The molecule has 0 saturated carbocycles. The summed E-state index contributed by atoms with van der Waals surface area (Å²) in [4.78, 5) is 4.75. The van der Waals surface area contributed by atoms with E-state index in [1.54, 1.807) is 0 Å². The highest BCUT2D eigenvalue weighted by Crippen LogP contribution is 2.24. The SMILES string of the molecule is CC(C)CCCn1c(C(C)C)nc2cc(N)ccc21. The van der Waals surface area contributed by atoms with Crippen molar-refractivity contribution in [3.05, 3.63) is 24.0 Å². The van der Waals surface area contributed by atoms with Crippen molar-refractivity contribution < 1.29 is 0 Å². The minimum atomic E-state index is 0.438. The summed E-state index contributed by atoms with van der Waals surface area (Å²) in [6.07, 6.45) is 2.46. The minimum absolute atomic E-state index is 0.438. The molecule has 1 aromatic carbocycles. The van der Waals surface area contributed by atoms with Crippen LogP contribution in [0.2, 0.25) is 0 Å². The Hall–Kier alpha value is -1.51. The molecular formula is C16H25N3. The number of nitrogens with two attached hydrogens (primary N) is 1. The number of hydrogen-bond donors (Lipinski definition) is 1. The van der Waals surface area contributed by atoms with Crippen molar-refractivity contribution in [3.8, 4) is 0 Å². The van der Waals surface area contributed by atoms with Gasteiger partial charge in [-0.3, -0.25) is 0 Å². The Morgan fingerprint density at radius 2 is 1.95 bits per heavy atom. The summed E-state index contributed by atoms with van der Waals surface area (Å²) >= 11 is 0. The Morgan fingerprint density at radius 1 is 1.21 bits per heavy atom. The van der Waals surface area contributed by atoms with Gasteiger partial charge >= 0.3 is 0 Å². The van der Waals surface area contributed by atoms with E-state index >= 15 is 0 Å². The third-order valence-electron chi connectivity index (χ3n) is 3.48. The molecule has 3 nitrogen and oxygen atoms in total. The number of imidazole rings is 1. The Bertz CT molecular complexity index is 552. The molecule has 0 bridgehead atoms. The number of fused-ring (bicyclic) bond motifs is 1. The Balaban J connectivity index is 2.35. The summed E-state index contributed by atoms with van der Waals surface area (Å²) in [5.74, 6) is 2.37. The first kappa shape index (κ1) is 13.9. The molecule has 0 aliphatic rings. The fourth-order valence-corrected chi connectivity index (χ4v) is 2.50. The fraction of sp³-hybridized carbons (Fsp3) is 0.562. The molecule has 0 spiro atoms. The quantitative estimate of drug-likeness (QED) is 0.819. The summed E-state index contributed by atoms with van der Waals surface area (Å²) in [6.45, 7) is 9.99. The van der Waals surface area contributed by atoms with Gasteiger partial charge in [0.15, 0.2) is 0 Å². The maximum absolute atomic E-state index is 5.85. The van der Waals surface area contributed by atoms with Gasteiger partial charge in [-0.15, -0.1) is 0 Å². The van der Waals surface area contributed by atoms with Gasteiger partial charge in [0.25, 0.3) is 0 Å². The van der Waals surface area contributed by atoms with Crippen LogP contribution in [0.25, 0.3) is 11.0 Å². The highest BCUT2D eigenvalue weighted by Gasteiger charge is 2.13. The van der Waals surface area contributed by atoms with Gasteiger partial charge in [0, 0.05) is 18.2 Å². The molecule has 0 saturated heterocycles. The van der Waals surface area contributed by atoms with Crippen LogP contribution in [0.4, 0.5) is 5.69 Å². The number of aromatic nitrogens is 2. The fourth-order valence-electron chi connectivity index (χ4n) is 2.50. The highest BCUT2D eigenvalue weighted by atomic mass is 15.1. The van der Waals surface area contributed by atoms with E-state index in [9.17, 15) is 0 Å². The van der Waals surface area contributed by atoms with Gasteiger partial charge < -0.3 is 10.3 Å². The van der Waals surface area contributed by atoms with Crippen molar-refractivity contribution in [2.24, 2.45) is 5.92 Å². The molecule has 2 rings (SSSR count). The van der Waals surface area contributed by atoms with Gasteiger partial charge in [-0.05, 0) is 37.0 Å². The van der Waals surface area contributed by atoms with Crippen LogP contribution in [0.15, 0.2) is 18.2 Å². The highest BCUT2D eigenvalue weighted by molar-refractivity contribution is 5.79. The molecule has 1 heterocycles. The Kier molecular flexibility index (Phi) is 4.13. The zero-order chi connectivity index (χ0) is 14.0. The summed E-state index contributed by atoms with van der Waals surface area (Å²) in [6, 6.07) is 6.03. The first-order valence-electron chi connectivity index (χ1n) is 7.24. The van der Waals surface area contributed by atoms with Crippen LogP contribution >= 0.6 is 0 Å². The van der Waals surface area contributed by atoms with Gasteiger partial charge in [-0.2, -0.15) is 0 Å². The molecule has 2 aromatic rings. The van der Waals surface area contributed by atoms with Crippen LogP contribution in [0.1, 0.15) is 52.3 Å². The van der Waals surface area contributed by atoms with E-state index in [1.165, 1.54) is 24.2 Å². The summed E-state index contributed by atoms with van der Waals surface area (Å²) in [7, 11) is 0. The van der Waals surface area contributed by atoms with Gasteiger partial charge in [0.2, 0.25) is 0 Å². The van der Waals surface area contributed by atoms with Crippen LogP contribution in [-0.2, 0) is 6.54 Å². The third kappa shape index (κ3) is 3.09. The van der Waals surface area contributed by atoms with Crippen LogP contribution in [0, 0.1) is 5.92 Å². The molecule has 0 aliphatic carbocycles. The summed E-state index contributed by atoms with van der Waals surface area (Å²) in [5, 5.41) is 0. The predicted octanol–water partition coefficient (Wildman–Crippen LogP) is 4.18. The minimum Gasteiger partial charge on any atom is -0.399 e. The first-order chi connectivity index (χ1) is 8.99. The third-order valence-corrected chi connectivity index (χ3v) is 3.48. The molecular weight excluding hydrogens is 234 g/mol. The molecule has 1 aromatic heterocycles. The van der Waals surface area contributed by atoms with Gasteiger partial charge in [0.1, 0.15) is 5.82 Å². The Morgan fingerprint density at radius 3 is 2.58 bits per heavy atom. The lowest BCUT2D eigenvalue weighted by Gasteiger charge is -2.12. The number of aryl methyl sites for hydroxylation is 1. The van der Waals surface area contributed by atoms with E-state index < -0.39 is 0 Å².